The number of nitro benzene ring substituents is 1. The Hall–Kier alpha value is -2.95. The normalized spacial score (nSPS) is 14.9. The molecule has 0 radical (unpaired) electrons. The number of nitro groups is 1. The van der Waals surface area contributed by atoms with Gasteiger partial charge in [0.05, 0.1) is 17.2 Å². The molecule has 0 saturated carbocycles. The number of aliphatic imine (C=N–C) groups is 1. The van der Waals surface area contributed by atoms with Crippen molar-refractivity contribution < 1.29 is 4.92 Å². The van der Waals surface area contributed by atoms with E-state index in [1.54, 1.807) is 18.3 Å². The van der Waals surface area contributed by atoms with Crippen LogP contribution in [-0.2, 0) is 6.54 Å². The zero-order chi connectivity index (χ0) is 14.4. The van der Waals surface area contributed by atoms with Crippen LogP contribution in [0.5, 0.6) is 0 Å². The van der Waals surface area contributed by atoms with Gasteiger partial charge in [0, 0.05) is 23.9 Å². The molecule has 0 atom stereocenters. The van der Waals surface area contributed by atoms with E-state index in [1.807, 2.05) is 18.2 Å². The predicted molar refractivity (Wildman–Crippen MR) is 81.3 cm³/mol. The van der Waals surface area contributed by atoms with Gasteiger partial charge in [0.2, 0.25) is 0 Å². The summed E-state index contributed by atoms with van der Waals surface area (Å²) in [6, 6.07) is 13.1. The van der Waals surface area contributed by atoms with E-state index in [0.29, 0.717) is 0 Å². The smallest absolute Gasteiger partial charge is 0.270 e. The number of rotatable bonds is 1. The predicted octanol–water partition coefficient (Wildman–Crippen LogP) is 3.35. The molecular weight excluding hydrogens is 266 g/mol. The molecule has 0 N–H and O–H groups in total. The van der Waals surface area contributed by atoms with Gasteiger partial charge in [-0.2, -0.15) is 0 Å². The number of anilines is 1. The highest BCUT2D eigenvalue weighted by atomic mass is 16.6. The second-order valence-electron chi connectivity index (χ2n) is 5.05. The third-order valence-electron chi connectivity index (χ3n) is 3.79. The van der Waals surface area contributed by atoms with Crippen molar-refractivity contribution in [3.05, 3.63) is 75.1 Å². The van der Waals surface area contributed by atoms with Gasteiger partial charge in [0.25, 0.3) is 5.69 Å². The number of hydrogen-bond acceptors (Lipinski definition) is 4. The zero-order valence-corrected chi connectivity index (χ0v) is 11.1. The summed E-state index contributed by atoms with van der Waals surface area (Å²) in [5.74, 6) is 0.870. The molecule has 0 aromatic heterocycles. The lowest BCUT2D eigenvalue weighted by Crippen LogP contribution is -2.27. The van der Waals surface area contributed by atoms with Gasteiger partial charge < -0.3 is 4.90 Å². The van der Waals surface area contributed by atoms with Crippen LogP contribution in [0.4, 0.5) is 11.4 Å². The lowest BCUT2D eigenvalue weighted by molar-refractivity contribution is -0.384. The summed E-state index contributed by atoms with van der Waals surface area (Å²) < 4.78 is 0. The van der Waals surface area contributed by atoms with E-state index in [9.17, 15) is 10.1 Å². The number of nitrogens with zero attached hydrogens (tertiary/aromatic N) is 3. The lowest BCUT2D eigenvalue weighted by Gasteiger charge is -2.32. The van der Waals surface area contributed by atoms with Gasteiger partial charge in [-0.3, -0.25) is 10.1 Å². The van der Waals surface area contributed by atoms with E-state index in [4.69, 9.17) is 0 Å². The Morgan fingerprint density at radius 1 is 1.14 bits per heavy atom. The molecule has 2 aromatic carbocycles. The zero-order valence-electron chi connectivity index (χ0n) is 11.1. The van der Waals surface area contributed by atoms with Crippen molar-refractivity contribution in [2.24, 2.45) is 4.99 Å². The van der Waals surface area contributed by atoms with Crippen LogP contribution in [0.2, 0.25) is 0 Å². The van der Waals surface area contributed by atoms with Gasteiger partial charge in [0.15, 0.2) is 0 Å². The number of fused-ring (bicyclic) bond motifs is 4. The summed E-state index contributed by atoms with van der Waals surface area (Å²) >= 11 is 0. The van der Waals surface area contributed by atoms with Crippen LogP contribution in [0.3, 0.4) is 0 Å². The molecule has 0 bridgehead atoms. The first-order chi connectivity index (χ1) is 10.2. The van der Waals surface area contributed by atoms with Crippen LogP contribution in [-0.4, -0.2) is 11.1 Å². The minimum Gasteiger partial charge on any atom is -0.321 e. The highest BCUT2D eigenvalue weighted by molar-refractivity contribution is 5.94. The molecule has 21 heavy (non-hydrogen) atoms. The Kier molecular flexibility index (Phi) is 2.41. The topological polar surface area (TPSA) is 58.7 Å². The molecule has 5 nitrogen and oxygen atoms in total. The summed E-state index contributed by atoms with van der Waals surface area (Å²) in [6.07, 6.45) is 3.73. The average molecular weight is 277 g/mol. The third kappa shape index (κ3) is 1.82. The van der Waals surface area contributed by atoms with E-state index >= 15 is 0 Å². The largest absolute Gasteiger partial charge is 0.321 e. The Morgan fingerprint density at radius 3 is 2.86 bits per heavy atom. The SMILES string of the molecule is O=[N+]([O-])c1ccc2c(c1)C=NC1=Cc3ccccc3CN12. The highest BCUT2D eigenvalue weighted by Gasteiger charge is 2.24. The van der Waals surface area contributed by atoms with Crippen molar-refractivity contribution in [2.75, 3.05) is 4.90 Å². The maximum absolute atomic E-state index is 10.9. The number of benzene rings is 2. The van der Waals surface area contributed by atoms with Crippen molar-refractivity contribution in [3.8, 4) is 0 Å². The van der Waals surface area contributed by atoms with Gasteiger partial charge in [-0.25, -0.2) is 4.99 Å². The molecule has 4 rings (SSSR count). The third-order valence-corrected chi connectivity index (χ3v) is 3.79. The van der Waals surface area contributed by atoms with Crippen molar-refractivity contribution >= 4 is 23.7 Å². The second kappa shape index (κ2) is 4.28. The van der Waals surface area contributed by atoms with Crippen molar-refractivity contribution in [3.63, 3.8) is 0 Å². The number of non-ortho nitro benzene ring substituents is 1. The first-order valence-electron chi connectivity index (χ1n) is 6.62. The summed E-state index contributed by atoms with van der Waals surface area (Å²) in [5.41, 5.74) is 4.22. The van der Waals surface area contributed by atoms with Crippen LogP contribution < -0.4 is 4.90 Å². The van der Waals surface area contributed by atoms with Crippen LogP contribution in [0, 0.1) is 10.1 Å². The van der Waals surface area contributed by atoms with Crippen molar-refractivity contribution in [1.29, 1.82) is 0 Å². The fourth-order valence-electron chi connectivity index (χ4n) is 2.74. The Morgan fingerprint density at radius 2 is 2.00 bits per heavy atom. The summed E-state index contributed by atoms with van der Waals surface area (Å²) in [4.78, 5) is 17.0. The van der Waals surface area contributed by atoms with E-state index in [1.165, 1.54) is 17.2 Å². The van der Waals surface area contributed by atoms with Gasteiger partial charge in [0.1, 0.15) is 5.82 Å². The van der Waals surface area contributed by atoms with E-state index < -0.39 is 0 Å². The molecule has 0 spiro atoms. The van der Waals surface area contributed by atoms with Gasteiger partial charge in [-0.05, 0) is 23.3 Å². The van der Waals surface area contributed by atoms with Crippen molar-refractivity contribution in [1.82, 2.24) is 0 Å². The average Bonchev–Trinajstić information content (AvgIpc) is 2.52. The number of hydrogen-bond donors (Lipinski definition) is 0. The molecule has 2 heterocycles. The standard InChI is InChI=1S/C16H11N3O2/c20-19(21)14-5-6-15-13(7-14)9-17-16-8-11-3-1-2-4-12(11)10-18(15)16/h1-9H,10H2. The molecule has 2 aliphatic heterocycles. The summed E-state index contributed by atoms with van der Waals surface area (Å²) in [5, 5.41) is 10.9. The van der Waals surface area contributed by atoms with Gasteiger partial charge in [-0.1, -0.05) is 24.3 Å². The first kappa shape index (κ1) is 11.8. The fraction of sp³-hybridized carbons (Fsp3) is 0.0625. The first-order valence-corrected chi connectivity index (χ1v) is 6.62. The fourth-order valence-corrected chi connectivity index (χ4v) is 2.74. The molecule has 2 aliphatic rings. The lowest BCUT2D eigenvalue weighted by atomic mass is 10.0. The van der Waals surface area contributed by atoms with Crippen LogP contribution in [0.25, 0.3) is 6.08 Å². The molecular formula is C16H11N3O2. The van der Waals surface area contributed by atoms with Gasteiger partial charge in [-0.15, -0.1) is 0 Å². The van der Waals surface area contributed by atoms with E-state index in [2.05, 4.69) is 22.0 Å². The Balaban J connectivity index is 1.83. The molecule has 5 heteroatoms. The highest BCUT2D eigenvalue weighted by Crippen LogP contribution is 2.35. The van der Waals surface area contributed by atoms with Gasteiger partial charge >= 0.3 is 0 Å². The maximum Gasteiger partial charge on any atom is 0.270 e. The molecule has 0 unspecified atom stereocenters. The molecule has 0 saturated heterocycles. The molecule has 2 aromatic rings. The minimum absolute atomic E-state index is 0.0880. The summed E-state index contributed by atoms with van der Waals surface area (Å²) in [6.45, 7) is 0.726. The molecule has 0 fully saturated rings. The monoisotopic (exact) mass is 277 g/mol. The van der Waals surface area contributed by atoms with Crippen LogP contribution in [0.1, 0.15) is 16.7 Å². The van der Waals surface area contributed by atoms with E-state index in [-0.39, 0.29) is 10.6 Å². The Bertz CT molecular complexity index is 824. The molecule has 0 aliphatic carbocycles. The minimum atomic E-state index is -0.384. The molecule has 0 amide bonds. The van der Waals surface area contributed by atoms with Crippen molar-refractivity contribution in [2.45, 2.75) is 6.54 Å². The quantitative estimate of drug-likeness (QED) is 0.593. The maximum atomic E-state index is 10.9. The second-order valence-corrected chi connectivity index (χ2v) is 5.05. The molecule has 102 valence electrons. The summed E-state index contributed by atoms with van der Waals surface area (Å²) in [7, 11) is 0. The van der Waals surface area contributed by atoms with Crippen LogP contribution in [0.15, 0.2) is 53.3 Å². The van der Waals surface area contributed by atoms with Crippen LogP contribution >= 0.6 is 0 Å². The van der Waals surface area contributed by atoms with E-state index in [0.717, 1.165) is 23.6 Å². The Labute approximate surface area is 121 Å².